The molecule has 0 aromatic rings. The van der Waals surface area contributed by atoms with E-state index in [1.165, 1.54) is 6.92 Å². The van der Waals surface area contributed by atoms with E-state index in [4.69, 9.17) is 0 Å². The Labute approximate surface area is 58.5 Å². The summed E-state index contributed by atoms with van der Waals surface area (Å²) in [5.41, 5.74) is 0. The van der Waals surface area contributed by atoms with Crippen LogP contribution in [0.5, 0.6) is 0 Å². The lowest BCUT2D eigenvalue weighted by atomic mass is 10.5. The van der Waals surface area contributed by atoms with Crippen LogP contribution in [0.25, 0.3) is 0 Å². The Hall–Kier alpha value is -0.380. The van der Waals surface area contributed by atoms with Gasteiger partial charge >= 0.3 is 0 Å². The van der Waals surface area contributed by atoms with Crippen molar-refractivity contribution in [2.45, 2.75) is 6.92 Å². The Bertz CT molecular complexity index is 124. The summed E-state index contributed by atoms with van der Waals surface area (Å²) in [6, 6.07) is 0. The minimum absolute atomic E-state index is 0. The number of hydrogen-bond donors (Lipinski definition) is 0. The van der Waals surface area contributed by atoms with E-state index in [0.717, 1.165) is 6.08 Å². The van der Waals surface area contributed by atoms with E-state index in [1.807, 2.05) is 0 Å². The second kappa shape index (κ2) is 5.75. The van der Waals surface area contributed by atoms with Gasteiger partial charge in [0.2, 0.25) is 0 Å². The van der Waals surface area contributed by atoms with Gasteiger partial charge in [0.1, 0.15) is 5.83 Å². The zero-order chi connectivity index (χ0) is 6.57. The maximum atomic E-state index is 11.7. The second-order valence-corrected chi connectivity index (χ2v) is 1.11. The van der Waals surface area contributed by atoms with E-state index in [2.05, 4.69) is 0 Å². The quantitative estimate of drug-likeness (QED) is 0.512. The van der Waals surface area contributed by atoms with Crippen molar-refractivity contribution in [1.82, 2.24) is 0 Å². The molecular formula is C5H7F3S. The predicted octanol–water partition coefficient (Wildman–Crippen LogP) is 2.75. The monoisotopic (exact) mass is 156 g/mol. The van der Waals surface area contributed by atoms with Gasteiger partial charge in [-0.05, 0) is 6.92 Å². The van der Waals surface area contributed by atoms with Crippen molar-refractivity contribution in [3.8, 4) is 0 Å². The van der Waals surface area contributed by atoms with Crippen LogP contribution in [0.3, 0.4) is 0 Å². The first kappa shape index (κ1) is 11.4. The number of rotatable bonds is 1. The molecule has 0 spiro atoms. The summed E-state index contributed by atoms with van der Waals surface area (Å²) < 4.78 is 33.8. The lowest BCUT2D eigenvalue weighted by Gasteiger charge is -1.78. The molecule has 9 heavy (non-hydrogen) atoms. The molecule has 0 amide bonds. The molecule has 0 saturated heterocycles. The Morgan fingerprint density at radius 1 is 1.22 bits per heavy atom. The van der Waals surface area contributed by atoms with Crippen LogP contribution in [0.1, 0.15) is 6.92 Å². The molecule has 0 atom stereocenters. The number of halogens is 3. The van der Waals surface area contributed by atoms with E-state index in [9.17, 15) is 13.2 Å². The van der Waals surface area contributed by atoms with Gasteiger partial charge in [0, 0.05) is 6.08 Å². The van der Waals surface area contributed by atoms with E-state index in [-0.39, 0.29) is 19.6 Å². The van der Waals surface area contributed by atoms with Crippen molar-refractivity contribution in [3.63, 3.8) is 0 Å². The molecule has 0 aliphatic heterocycles. The summed E-state index contributed by atoms with van der Waals surface area (Å²) in [4.78, 5) is 0. The second-order valence-electron chi connectivity index (χ2n) is 1.11. The molecule has 0 nitrogen and oxygen atoms in total. The molecule has 0 unspecified atom stereocenters. The van der Waals surface area contributed by atoms with Crippen molar-refractivity contribution >= 4 is 13.5 Å². The fourth-order valence-electron chi connectivity index (χ4n) is 0.188. The maximum absolute atomic E-state index is 11.7. The van der Waals surface area contributed by atoms with Crippen LogP contribution in [-0.4, -0.2) is 0 Å². The molecule has 0 fully saturated rings. The van der Waals surface area contributed by atoms with Gasteiger partial charge in [-0.2, -0.15) is 22.3 Å². The highest BCUT2D eigenvalue weighted by molar-refractivity contribution is 7.59. The van der Waals surface area contributed by atoms with Crippen LogP contribution >= 0.6 is 13.5 Å². The van der Waals surface area contributed by atoms with Crippen LogP contribution in [0.4, 0.5) is 13.2 Å². The molecule has 4 heteroatoms. The third kappa shape index (κ3) is 7.62. The Morgan fingerprint density at radius 3 is 1.78 bits per heavy atom. The fraction of sp³-hybridized carbons (Fsp3) is 0.200. The zero-order valence-corrected chi connectivity index (χ0v) is 5.79. The Morgan fingerprint density at radius 2 is 1.67 bits per heavy atom. The highest BCUT2D eigenvalue weighted by Crippen LogP contribution is 2.04. The average molecular weight is 156 g/mol. The number of allylic oxidation sites excluding steroid dienone is 3. The van der Waals surface area contributed by atoms with Gasteiger partial charge in [-0.1, -0.05) is 6.08 Å². The largest absolute Gasteiger partial charge is 0.273 e. The first-order valence-corrected chi connectivity index (χ1v) is 2.01. The van der Waals surface area contributed by atoms with E-state index < -0.39 is 11.9 Å². The van der Waals surface area contributed by atoms with Crippen LogP contribution in [-0.2, 0) is 0 Å². The first-order valence-electron chi connectivity index (χ1n) is 2.01. The summed E-state index contributed by atoms with van der Waals surface area (Å²) in [7, 11) is 0. The summed E-state index contributed by atoms with van der Waals surface area (Å²) in [5.74, 6) is -0.912. The van der Waals surface area contributed by atoms with Crippen LogP contribution in [0, 0.1) is 0 Å². The van der Waals surface area contributed by atoms with E-state index in [0.29, 0.717) is 0 Å². The topological polar surface area (TPSA) is 0 Å². The van der Waals surface area contributed by atoms with Crippen molar-refractivity contribution in [2.24, 2.45) is 0 Å². The third-order valence-electron chi connectivity index (χ3n) is 0.523. The molecule has 0 aromatic carbocycles. The third-order valence-corrected chi connectivity index (χ3v) is 0.523. The fourth-order valence-corrected chi connectivity index (χ4v) is 0.188. The van der Waals surface area contributed by atoms with Gasteiger partial charge < -0.3 is 0 Å². The minimum atomic E-state index is -2.01. The van der Waals surface area contributed by atoms with Crippen molar-refractivity contribution < 1.29 is 13.2 Å². The average Bonchev–Trinajstić information content (AvgIpc) is 1.65. The Kier molecular flexibility index (Phi) is 7.30. The lowest BCUT2D eigenvalue weighted by Crippen LogP contribution is -1.62. The van der Waals surface area contributed by atoms with Crippen molar-refractivity contribution in [2.75, 3.05) is 0 Å². The van der Waals surface area contributed by atoms with Gasteiger partial charge in [-0.3, -0.25) is 0 Å². The van der Waals surface area contributed by atoms with Gasteiger partial charge in [0.25, 0.3) is 6.08 Å². The molecule has 54 valence electrons. The molecule has 0 aromatic heterocycles. The summed E-state index contributed by atoms with van der Waals surface area (Å²) in [6.07, 6.45) is -0.889. The zero-order valence-electron chi connectivity index (χ0n) is 4.79. The van der Waals surface area contributed by atoms with E-state index in [1.54, 1.807) is 0 Å². The predicted molar refractivity (Wildman–Crippen MR) is 35.5 cm³/mol. The van der Waals surface area contributed by atoms with Crippen LogP contribution in [0.2, 0.25) is 0 Å². The van der Waals surface area contributed by atoms with Gasteiger partial charge in [0.05, 0.1) is 0 Å². The first-order chi connectivity index (χ1) is 3.66. The van der Waals surface area contributed by atoms with E-state index >= 15 is 0 Å². The highest BCUT2D eigenvalue weighted by atomic mass is 32.1. The normalized spacial score (nSPS) is 10.0. The molecule has 0 heterocycles. The number of hydrogen-bond acceptors (Lipinski definition) is 0. The van der Waals surface area contributed by atoms with Gasteiger partial charge in [-0.15, -0.1) is 0 Å². The van der Waals surface area contributed by atoms with Crippen LogP contribution < -0.4 is 0 Å². The van der Waals surface area contributed by atoms with Gasteiger partial charge in [0.15, 0.2) is 0 Å². The summed E-state index contributed by atoms with van der Waals surface area (Å²) in [5, 5.41) is 0. The SMILES string of the molecule is CC=C(F)C=C(F)F.S. The van der Waals surface area contributed by atoms with Crippen molar-refractivity contribution in [1.29, 1.82) is 0 Å². The molecule has 0 saturated carbocycles. The highest BCUT2D eigenvalue weighted by Gasteiger charge is 1.89. The molecule has 0 rings (SSSR count). The summed E-state index contributed by atoms with van der Waals surface area (Å²) >= 11 is 0. The maximum Gasteiger partial charge on any atom is 0.273 e. The molecular weight excluding hydrogens is 149 g/mol. The molecule has 0 N–H and O–H groups in total. The Balaban J connectivity index is 0. The lowest BCUT2D eigenvalue weighted by molar-refractivity contribution is 0.417. The molecule has 0 aliphatic rings. The molecule has 0 aliphatic carbocycles. The van der Waals surface area contributed by atoms with Gasteiger partial charge in [-0.25, -0.2) is 4.39 Å². The van der Waals surface area contributed by atoms with Crippen molar-refractivity contribution in [3.05, 3.63) is 24.1 Å². The molecule has 0 bridgehead atoms. The smallest absolute Gasteiger partial charge is 0.207 e. The van der Waals surface area contributed by atoms with Crippen LogP contribution in [0.15, 0.2) is 24.1 Å². The standard InChI is InChI=1S/C5H5F3.H2S/c1-2-4(6)3-5(7)8;/h2-3H,1H3;1H2. The summed E-state index contributed by atoms with van der Waals surface area (Å²) in [6.45, 7) is 1.34. The minimum Gasteiger partial charge on any atom is -0.207 e. The molecule has 0 radical (unpaired) electrons.